The van der Waals surface area contributed by atoms with Crippen molar-refractivity contribution in [2.45, 2.75) is 11.3 Å². The maximum atomic E-state index is 13.8. The molecule has 2 heterocycles. The van der Waals surface area contributed by atoms with Crippen LogP contribution in [0.5, 0.6) is 5.75 Å². The zero-order valence-corrected chi connectivity index (χ0v) is 16.9. The van der Waals surface area contributed by atoms with Crippen LogP contribution < -0.4 is 14.1 Å². The van der Waals surface area contributed by atoms with Crippen molar-refractivity contribution in [1.29, 1.82) is 0 Å². The molecule has 1 unspecified atom stereocenters. The summed E-state index contributed by atoms with van der Waals surface area (Å²) in [6.45, 7) is -0.175. The van der Waals surface area contributed by atoms with Crippen molar-refractivity contribution in [3.05, 3.63) is 83.3 Å². The normalized spacial score (nSPS) is 17.9. The van der Waals surface area contributed by atoms with Crippen LogP contribution in [0.2, 0.25) is 0 Å². The van der Waals surface area contributed by atoms with Crippen LogP contribution in [0.3, 0.4) is 0 Å². The molecule has 0 saturated heterocycles. The topological polar surface area (TPSA) is 108 Å². The quantitative estimate of drug-likeness (QED) is 0.497. The fourth-order valence-corrected chi connectivity index (χ4v) is 5.14. The van der Waals surface area contributed by atoms with E-state index in [9.17, 15) is 18.4 Å². The fourth-order valence-electron chi connectivity index (χ4n) is 3.53. The highest BCUT2D eigenvalue weighted by atomic mass is 32.2. The van der Waals surface area contributed by atoms with Gasteiger partial charge >= 0.3 is 10.0 Å². The second-order valence-corrected chi connectivity index (χ2v) is 8.81. The number of quaternary nitrogens is 1. The Balaban J connectivity index is 1.76. The summed E-state index contributed by atoms with van der Waals surface area (Å²) in [7, 11) is -2.86. The van der Waals surface area contributed by atoms with E-state index in [2.05, 4.69) is 10.3 Å². The summed E-state index contributed by atoms with van der Waals surface area (Å²) in [6.07, 6.45) is 3.24. The van der Waals surface area contributed by atoms with E-state index in [-0.39, 0.29) is 29.2 Å². The maximum absolute atomic E-state index is 13.8. The van der Waals surface area contributed by atoms with Crippen LogP contribution >= 0.6 is 0 Å². The molecule has 9 heteroatoms. The number of nitrogens with zero attached hydrogens (tertiary/aromatic N) is 2. The Morgan fingerprint density at radius 3 is 2.47 bits per heavy atom. The van der Waals surface area contributed by atoms with Gasteiger partial charge in [-0.05, 0) is 42.5 Å². The van der Waals surface area contributed by atoms with Gasteiger partial charge in [0.15, 0.2) is 5.69 Å². The molecule has 2 aromatic carbocycles. The van der Waals surface area contributed by atoms with Crippen molar-refractivity contribution in [2.24, 2.45) is 0 Å². The Morgan fingerprint density at radius 2 is 1.80 bits per heavy atom. The van der Waals surface area contributed by atoms with E-state index >= 15 is 0 Å². The van der Waals surface area contributed by atoms with Gasteiger partial charge in [-0.15, -0.1) is 0 Å². The number of ether oxygens (including phenoxy) is 1. The molecule has 1 aromatic heterocycles. The SMILES string of the molecule is COc1ccc(S(=O)(=O)[N+]2([O-])CCc3cccc(NC(=O)c4ccncc4)c32)cc1. The molecule has 1 N–H and O–H groups in total. The molecule has 3 aromatic rings. The molecule has 0 bridgehead atoms. The number of hydrogen-bond acceptors (Lipinski definition) is 6. The number of nitrogens with one attached hydrogen (secondary N) is 1. The van der Waals surface area contributed by atoms with Gasteiger partial charge in [-0.2, -0.15) is 8.42 Å². The number of carbonyl (C=O) groups is 1. The van der Waals surface area contributed by atoms with E-state index in [0.29, 0.717) is 16.9 Å². The fraction of sp³-hybridized carbons (Fsp3) is 0.143. The van der Waals surface area contributed by atoms with Gasteiger partial charge in [0.1, 0.15) is 22.9 Å². The Kier molecular flexibility index (Phi) is 5.02. The highest BCUT2D eigenvalue weighted by Gasteiger charge is 2.45. The van der Waals surface area contributed by atoms with Gasteiger partial charge in [-0.1, -0.05) is 12.1 Å². The summed E-state index contributed by atoms with van der Waals surface area (Å²) in [5, 5.41) is 16.5. The number of pyridine rings is 1. The predicted molar refractivity (Wildman–Crippen MR) is 113 cm³/mol. The third-order valence-corrected chi connectivity index (χ3v) is 7.08. The third-order valence-electron chi connectivity index (χ3n) is 5.07. The number of para-hydroxylation sites is 1. The predicted octanol–water partition coefficient (Wildman–Crippen LogP) is 3.09. The van der Waals surface area contributed by atoms with Crippen molar-refractivity contribution in [2.75, 3.05) is 19.0 Å². The zero-order chi connectivity index (χ0) is 21.4. The minimum Gasteiger partial charge on any atom is -0.611 e. The number of rotatable bonds is 5. The van der Waals surface area contributed by atoms with Gasteiger partial charge in [-0.25, -0.2) is 4.05 Å². The Morgan fingerprint density at radius 1 is 1.10 bits per heavy atom. The molecule has 0 saturated carbocycles. The number of hydroxylamine groups is 1. The average molecular weight is 425 g/mol. The maximum Gasteiger partial charge on any atom is 0.331 e. The third kappa shape index (κ3) is 3.22. The van der Waals surface area contributed by atoms with E-state index in [0.717, 1.165) is 0 Å². The van der Waals surface area contributed by atoms with Gasteiger partial charge in [0, 0.05) is 29.9 Å². The van der Waals surface area contributed by atoms with Gasteiger partial charge in [0.05, 0.1) is 7.11 Å². The molecule has 0 spiro atoms. The lowest BCUT2D eigenvalue weighted by molar-refractivity contribution is 0.102. The molecule has 0 radical (unpaired) electrons. The summed E-state index contributed by atoms with van der Waals surface area (Å²) >= 11 is 0. The lowest BCUT2D eigenvalue weighted by atomic mass is 10.1. The molecule has 1 atom stereocenters. The van der Waals surface area contributed by atoms with Crippen molar-refractivity contribution in [3.63, 3.8) is 0 Å². The number of fused-ring (bicyclic) bond motifs is 1. The molecule has 154 valence electrons. The first-order valence-electron chi connectivity index (χ1n) is 9.19. The van der Waals surface area contributed by atoms with E-state index in [1.54, 1.807) is 12.1 Å². The summed E-state index contributed by atoms with van der Waals surface area (Å²) < 4.78 is 30.1. The van der Waals surface area contributed by atoms with Crippen molar-refractivity contribution >= 4 is 27.3 Å². The molecule has 1 aliphatic heterocycles. The van der Waals surface area contributed by atoms with E-state index < -0.39 is 20.0 Å². The smallest absolute Gasteiger partial charge is 0.331 e. The standard InChI is InChI=1S/C21H19N3O5S/c1-29-17-5-7-18(8-6-17)30(27,28)24(26)14-11-15-3-2-4-19(20(15)24)23-21(25)16-9-12-22-13-10-16/h2-10,12-13H,11,14H2,1H3,(H,23,25). The molecule has 0 aliphatic carbocycles. The zero-order valence-electron chi connectivity index (χ0n) is 16.1. The summed E-state index contributed by atoms with van der Waals surface area (Å²) in [6, 6.07) is 13.7. The van der Waals surface area contributed by atoms with Crippen LogP contribution in [0.15, 0.2) is 71.9 Å². The molecule has 4 rings (SSSR count). The lowest BCUT2D eigenvalue weighted by Gasteiger charge is -2.37. The number of hydrogen-bond donors (Lipinski definition) is 1. The van der Waals surface area contributed by atoms with Gasteiger partial charge in [0.2, 0.25) is 0 Å². The molecular formula is C21H19N3O5S. The average Bonchev–Trinajstić information content (AvgIpc) is 3.14. The number of aromatic nitrogens is 1. The molecule has 30 heavy (non-hydrogen) atoms. The van der Waals surface area contributed by atoms with E-state index in [4.69, 9.17) is 4.74 Å². The molecule has 8 nitrogen and oxygen atoms in total. The number of anilines is 1. The molecule has 1 amide bonds. The van der Waals surface area contributed by atoms with Crippen molar-refractivity contribution in [3.8, 4) is 5.75 Å². The Labute approximate surface area is 174 Å². The van der Waals surface area contributed by atoms with Crippen molar-refractivity contribution in [1.82, 2.24) is 9.04 Å². The Bertz CT molecular complexity index is 1200. The first kappa shape index (κ1) is 20.0. The minimum atomic E-state index is -4.33. The largest absolute Gasteiger partial charge is 0.611 e. The summed E-state index contributed by atoms with van der Waals surface area (Å²) in [4.78, 5) is 16.4. The number of methoxy groups -OCH3 is 1. The molecule has 0 fully saturated rings. The number of sulfonamides is 1. The first-order chi connectivity index (χ1) is 14.4. The number of benzene rings is 2. The van der Waals surface area contributed by atoms with Crippen LogP contribution in [0.4, 0.5) is 11.4 Å². The number of amides is 1. The van der Waals surface area contributed by atoms with Crippen LogP contribution in [-0.2, 0) is 16.4 Å². The monoisotopic (exact) mass is 425 g/mol. The second kappa shape index (κ2) is 7.52. The Hall–Kier alpha value is -3.27. The van der Waals surface area contributed by atoms with Gasteiger partial charge < -0.3 is 15.3 Å². The van der Waals surface area contributed by atoms with E-state index in [1.807, 2.05) is 0 Å². The first-order valence-corrected chi connectivity index (χ1v) is 10.6. The van der Waals surface area contributed by atoms with Crippen molar-refractivity contribution < 1.29 is 17.9 Å². The van der Waals surface area contributed by atoms with E-state index in [1.165, 1.54) is 62.0 Å². The van der Waals surface area contributed by atoms with Crippen LogP contribution in [0.1, 0.15) is 15.9 Å². The summed E-state index contributed by atoms with van der Waals surface area (Å²) in [5.41, 5.74) is 1.16. The summed E-state index contributed by atoms with van der Waals surface area (Å²) in [5.74, 6) is 0.0321. The van der Waals surface area contributed by atoms with Crippen LogP contribution in [0.25, 0.3) is 0 Å². The highest BCUT2D eigenvalue weighted by Crippen LogP contribution is 2.44. The highest BCUT2D eigenvalue weighted by molar-refractivity contribution is 7.91. The molecule has 1 aliphatic rings. The number of carbonyl (C=O) groups excluding carboxylic acids is 1. The second-order valence-electron chi connectivity index (χ2n) is 6.80. The van der Waals surface area contributed by atoms with Gasteiger partial charge in [-0.3, -0.25) is 9.78 Å². The molecular weight excluding hydrogens is 406 g/mol. The van der Waals surface area contributed by atoms with Crippen LogP contribution in [0, 0.1) is 5.21 Å². The van der Waals surface area contributed by atoms with Gasteiger partial charge in [0.25, 0.3) is 5.91 Å². The lowest BCUT2D eigenvalue weighted by Crippen LogP contribution is -2.47. The van der Waals surface area contributed by atoms with Crippen LogP contribution in [-0.4, -0.2) is 33.0 Å². The minimum absolute atomic E-state index is 0.0377.